The van der Waals surface area contributed by atoms with Crippen LogP contribution in [0.25, 0.3) is 22.2 Å². The minimum absolute atomic E-state index is 0.174. The largest absolute Gasteiger partial charge is 0.460 e. The molecule has 9 heteroatoms. The zero-order valence-electron chi connectivity index (χ0n) is 22.7. The van der Waals surface area contributed by atoms with Gasteiger partial charge in [-0.05, 0) is 71.1 Å². The first-order valence-electron chi connectivity index (χ1n) is 13.4. The number of unbranched alkanes of at least 4 members (excludes halogenated alkanes) is 3. The van der Waals surface area contributed by atoms with E-state index in [4.69, 9.17) is 4.74 Å². The summed E-state index contributed by atoms with van der Waals surface area (Å²) in [6.45, 7) is 7.90. The first kappa shape index (κ1) is 26.8. The Morgan fingerprint density at radius 1 is 1.08 bits per heavy atom. The standard InChI is InChI=1S/C28H39N5O4/c1-18-16-20-21(17-22(18)32(5)19-12-9-10-13-19)30-25-24(29-20)26(35)33(27(36)31-25)15-11-7-6-8-14-23(34)37-28(2,3)4/h16-17,19H,6-15H2,1-5H3,(H,30,31,36). The summed E-state index contributed by atoms with van der Waals surface area (Å²) in [5.41, 5.74) is 2.52. The quantitative estimate of drug-likeness (QED) is 0.255. The van der Waals surface area contributed by atoms with Crippen molar-refractivity contribution in [3.05, 3.63) is 38.5 Å². The minimum atomic E-state index is -0.477. The number of hydrogen-bond donors (Lipinski definition) is 1. The minimum Gasteiger partial charge on any atom is -0.460 e. The van der Waals surface area contributed by atoms with Crippen LogP contribution in [0.15, 0.2) is 21.7 Å². The van der Waals surface area contributed by atoms with Crippen molar-refractivity contribution in [1.29, 1.82) is 0 Å². The van der Waals surface area contributed by atoms with Crippen molar-refractivity contribution in [2.75, 3.05) is 11.9 Å². The molecule has 1 aliphatic rings. The summed E-state index contributed by atoms with van der Waals surface area (Å²) in [7, 11) is 2.12. The Kier molecular flexibility index (Phi) is 7.99. The van der Waals surface area contributed by atoms with Crippen molar-refractivity contribution in [3.63, 3.8) is 0 Å². The van der Waals surface area contributed by atoms with Crippen LogP contribution in [-0.2, 0) is 16.1 Å². The zero-order valence-corrected chi connectivity index (χ0v) is 22.7. The molecule has 0 amide bonds. The maximum absolute atomic E-state index is 13.1. The number of aryl methyl sites for hydroxylation is 1. The number of esters is 1. The molecule has 3 aromatic rings. The number of ether oxygens (including phenoxy) is 1. The van der Waals surface area contributed by atoms with E-state index in [-0.39, 0.29) is 17.1 Å². The molecule has 200 valence electrons. The number of aromatic nitrogens is 4. The molecule has 0 saturated heterocycles. The number of fused-ring (bicyclic) bond motifs is 2. The van der Waals surface area contributed by atoms with Crippen molar-refractivity contribution in [1.82, 2.24) is 19.5 Å². The van der Waals surface area contributed by atoms with Gasteiger partial charge in [-0.2, -0.15) is 0 Å². The third kappa shape index (κ3) is 6.37. The lowest BCUT2D eigenvalue weighted by Crippen LogP contribution is -2.35. The Bertz CT molecular complexity index is 1400. The highest BCUT2D eigenvalue weighted by atomic mass is 16.6. The number of benzene rings is 1. The number of nitrogens with zero attached hydrogens (tertiary/aromatic N) is 4. The molecule has 1 saturated carbocycles. The van der Waals surface area contributed by atoms with Gasteiger partial charge in [-0.25, -0.2) is 14.8 Å². The van der Waals surface area contributed by atoms with E-state index in [9.17, 15) is 14.4 Å². The fraction of sp³-hybridized carbons (Fsp3) is 0.607. The average Bonchev–Trinajstić information content (AvgIpc) is 3.35. The number of rotatable bonds is 9. The molecule has 37 heavy (non-hydrogen) atoms. The van der Waals surface area contributed by atoms with Gasteiger partial charge >= 0.3 is 11.7 Å². The van der Waals surface area contributed by atoms with Crippen LogP contribution in [0.4, 0.5) is 5.69 Å². The van der Waals surface area contributed by atoms with E-state index in [1.54, 1.807) is 0 Å². The highest BCUT2D eigenvalue weighted by Crippen LogP contribution is 2.31. The van der Waals surface area contributed by atoms with Crippen molar-refractivity contribution >= 4 is 33.9 Å². The first-order chi connectivity index (χ1) is 17.5. The molecular weight excluding hydrogens is 470 g/mol. The van der Waals surface area contributed by atoms with Crippen LogP contribution >= 0.6 is 0 Å². The van der Waals surface area contributed by atoms with Gasteiger partial charge in [0.1, 0.15) is 5.60 Å². The number of carbonyl (C=O) groups is 1. The summed E-state index contributed by atoms with van der Waals surface area (Å²) >= 11 is 0. The summed E-state index contributed by atoms with van der Waals surface area (Å²) in [6, 6.07) is 4.51. The Labute approximate surface area is 217 Å². The van der Waals surface area contributed by atoms with E-state index in [1.165, 1.54) is 30.3 Å². The fourth-order valence-corrected chi connectivity index (χ4v) is 5.18. The lowest BCUT2D eigenvalue weighted by molar-refractivity contribution is -0.154. The second kappa shape index (κ2) is 11.0. The van der Waals surface area contributed by atoms with Gasteiger partial charge in [0.2, 0.25) is 0 Å². The monoisotopic (exact) mass is 509 g/mol. The Balaban J connectivity index is 1.46. The first-order valence-corrected chi connectivity index (χ1v) is 13.4. The maximum atomic E-state index is 13.1. The zero-order chi connectivity index (χ0) is 26.7. The van der Waals surface area contributed by atoms with E-state index < -0.39 is 16.9 Å². The normalized spacial score (nSPS) is 14.5. The van der Waals surface area contributed by atoms with Crippen LogP contribution in [-0.4, -0.2) is 44.2 Å². The molecule has 2 aromatic heterocycles. The lowest BCUT2D eigenvalue weighted by Gasteiger charge is -2.28. The Morgan fingerprint density at radius 2 is 1.76 bits per heavy atom. The van der Waals surface area contributed by atoms with E-state index >= 15 is 0 Å². The third-order valence-electron chi connectivity index (χ3n) is 7.09. The predicted octanol–water partition coefficient (Wildman–Crippen LogP) is 4.61. The molecule has 1 N–H and O–H groups in total. The number of hydrogen-bond acceptors (Lipinski definition) is 7. The van der Waals surface area contributed by atoms with Crippen molar-refractivity contribution < 1.29 is 9.53 Å². The number of aromatic amines is 1. The van der Waals surface area contributed by atoms with Gasteiger partial charge in [-0.1, -0.05) is 25.7 Å². The predicted molar refractivity (Wildman–Crippen MR) is 146 cm³/mol. The van der Waals surface area contributed by atoms with E-state index in [0.29, 0.717) is 42.9 Å². The summed E-state index contributed by atoms with van der Waals surface area (Å²) in [5.74, 6) is -0.201. The average molecular weight is 510 g/mol. The van der Waals surface area contributed by atoms with Gasteiger partial charge in [0, 0.05) is 31.7 Å². The topological polar surface area (TPSA) is 110 Å². The summed E-state index contributed by atoms with van der Waals surface area (Å²) in [6.07, 6.45) is 8.24. The molecule has 0 atom stereocenters. The molecule has 0 radical (unpaired) electrons. The smallest absolute Gasteiger partial charge is 0.330 e. The van der Waals surface area contributed by atoms with Crippen molar-refractivity contribution in [2.45, 2.75) is 104 Å². The highest BCUT2D eigenvalue weighted by Gasteiger charge is 2.22. The second-order valence-corrected chi connectivity index (χ2v) is 11.2. The van der Waals surface area contributed by atoms with E-state index in [0.717, 1.165) is 24.1 Å². The van der Waals surface area contributed by atoms with Gasteiger partial charge in [0.25, 0.3) is 5.56 Å². The SMILES string of the molecule is Cc1cc2nc3c(=O)n(CCCCCCC(=O)OC(C)(C)C)c(=O)[nH]c3nc2cc1N(C)C1CCCC1. The molecule has 0 spiro atoms. The molecule has 4 rings (SSSR count). The number of nitrogens with one attached hydrogen (secondary N) is 1. The van der Waals surface area contributed by atoms with Gasteiger partial charge < -0.3 is 9.64 Å². The summed E-state index contributed by atoms with van der Waals surface area (Å²) in [4.78, 5) is 52.0. The molecular formula is C28H39N5O4. The van der Waals surface area contributed by atoms with Crippen LogP contribution in [0.2, 0.25) is 0 Å². The van der Waals surface area contributed by atoms with Gasteiger partial charge in [-0.15, -0.1) is 0 Å². The van der Waals surface area contributed by atoms with E-state index in [1.807, 2.05) is 32.9 Å². The second-order valence-electron chi connectivity index (χ2n) is 11.2. The number of anilines is 1. The van der Waals surface area contributed by atoms with Crippen LogP contribution < -0.4 is 16.1 Å². The van der Waals surface area contributed by atoms with Crippen LogP contribution in [0.3, 0.4) is 0 Å². The highest BCUT2D eigenvalue weighted by molar-refractivity contribution is 5.87. The molecule has 0 aliphatic heterocycles. The maximum Gasteiger partial charge on any atom is 0.330 e. The van der Waals surface area contributed by atoms with Crippen LogP contribution in [0.1, 0.15) is 84.1 Å². The summed E-state index contributed by atoms with van der Waals surface area (Å²) < 4.78 is 6.52. The lowest BCUT2D eigenvalue weighted by atomic mass is 10.1. The van der Waals surface area contributed by atoms with Crippen molar-refractivity contribution in [2.24, 2.45) is 0 Å². The molecule has 0 bridgehead atoms. The fourth-order valence-electron chi connectivity index (χ4n) is 5.18. The number of H-pyrrole nitrogens is 1. The van der Waals surface area contributed by atoms with Gasteiger partial charge in [0.05, 0.1) is 11.0 Å². The van der Waals surface area contributed by atoms with Gasteiger partial charge in [0.15, 0.2) is 11.2 Å². The van der Waals surface area contributed by atoms with Crippen LogP contribution in [0.5, 0.6) is 0 Å². The Hall–Kier alpha value is -3.23. The Morgan fingerprint density at radius 3 is 2.46 bits per heavy atom. The third-order valence-corrected chi connectivity index (χ3v) is 7.09. The molecule has 9 nitrogen and oxygen atoms in total. The molecule has 0 unspecified atom stereocenters. The molecule has 1 fully saturated rings. The molecule has 2 heterocycles. The van der Waals surface area contributed by atoms with Gasteiger partial charge in [-0.3, -0.25) is 19.1 Å². The molecule has 1 aliphatic carbocycles. The number of carbonyl (C=O) groups excluding carboxylic acids is 1. The van der Waals surface area contributed by atoms with E-state index in [2.05, 4.69) is 33.8 Å². The van der Waals surface area contributed by atoms with Crippen molar-refractivity contribution in [3.8, 4) is 0 Å². The molecule has 1 aromatic carbocycles. The summed E-state index contributed by atoms with van der Waals surface area (Å²) in [5, 5.41) is 0. The van der Waals surface area contributed by atoms with Crippen LogP contribution in [0, 0.1) is 6.92 Å².